The lowest BCUT2D eigenvalue weighted by Gasteiger charge is -2.24. The molecule has 1 atom stereocenters. The van der Waals surface area contributed by atoms with Gasteiger partial charge < -0.3 is 9.64 Å². The molecule has 0 spiro atoms. The SMILES string of the molecule is COc1ccc(C(C)N(C)C(=O)C=Cc2cnn(C)c2)cc1. The van der Waals surface area contributed by atoms with Gasteiger partial charge in [0.2, 0.25) is 5.91 Å². The lowest BCUT2D eigenvalue weighted by atomic mass is 10.1. The van der Waals surface area contributed by atoms with Gasteiger partial charge in [0.05, 0.1) is 19.3 Å². The van der Waals surface area contributed by atoms with Crippen molar-refractivity contribution in [1.29, 1.82) is 0 Å². The highest BCUT2D eigenvalue weighted by Gasteiger charge is 2.15. The molecule has 0 saturated carbocycles. The summed E-state index contributed by atoms with van der Waals surface area (Å²) in [6, 6.07) is 7.72. The number of hydrogen-bond donors (Lipinski definition) is 0. The molecule has 116 valence electrons. The van der Waals surface area contributed by atoms with Gasteiger partial charge in [0.1, 0.15) is 5.75 Å². The van der Waals surface area contributed by atoms with E-state index in [4.69, 9.17) is 4.74 Å². The van der Waals surface area contributed by atoms with Gasteiger partial charge in [-0.05, 0) is 30.7 Å². The minimum atomic E-state index is -0.0489. The Bertz CT molecular complexity index is 659. The van der Waals surface area contributed by atoms with Crippen molar-refractivity contribution in [2.24, 2.45) is 7.05 Å². The van der Waals surface area contributed by atoms with Crippen molar-refractivity contribution in [3.05, 3.63) is 53.9 Å². The van der Waals surface area contributed by atoms with E-state index in [2.05, 4.69) is 5.10 Å². The first-order chi connectivity index (χ1) is 10.5. The van der Waals surface area contributed by atoms with Crippen LogP contribution in [0.5, 0.6) is 5.75 Å². The fourth-order valence-electron chi connectivity index (χ4n) is 2.11. The van der Waals surface area contributed by atoms with Gasteiger partial charge in [0, 0.05) is 31.9 Å². The topological polar surface area (TPSA) is 47.4 Å². The van der Waals surface area contributed by atoms with Gasteiger partial charge in [0.15, 0.2) is 0 Å². The van der Waals surface area contributed by atoms with E-state index in [0.717, 1.165) is 16.9 Å². The molecule has 0 aliphatic carbocycles. The summed E-state index contributed by atoms with van der Waals surface area (Å²) < 4.78 is 6.85. The van der Waals surface area contributed by atoms with Crippen LogP contribution in [0.1, 0.15) is 24.1 Å². The number of ether oxygens (including phenoxy) is 1. The third-order valence-corrected chi connectivity index (χ3v) is 3.67. The molecule has 1 heterocycles. The minimum Gasteiger partial charge on any atom is -0.497 e. The largest absolute Gasteiger partial charge is 0.497 e. The Morgan fingerprint density at radius 3 is 2.59 bits per heavy atom. The quantitative estimate of drug-likeness (QED) is 0.797. The van der Waals surface area contributed by atoms with Crippen LogP contribution in [0.2, 0.25) is 0 Å². The monoisotopic (exact) mass is 299 g/mol. The molecule has 0 aliphatic heterocycles. The summed E-state index contributed by atoms with van der Waals surface area (Å²) in [4.78, 5) is 14.0. The van der Waals surface area contributed by atoms with Crippen molar-refractivity contribution in [2.75, 3.05) is 14.2 Å². The number of hydrogen-bond acceptors (Lipinski definition) is 3. The molecule has 1 amide bonds. The Hall–Kier alpha value is -2.56. The Morgan fingerprint density at radius 1 is 1.36 bits per heavy atom. The lowest BCUT2D eigenvalue weighted by molar-refractivity contribution is -0.126. The van der Waals surface area contributed by atoms with Crippen LogP contribution < -0.4 is 4.74 Å². The molecule has 0 N–H and O–H groups in total. The molecule has 0 bridgehead atoms. The van der Waals surface area contributed by atoms with Gasteiger partial charge in [-0.2, -0.15) is 5.10 Å². The predicted molar refractivity (Wildman–Crippen MR) is 86.4 cm³/mol. The average Bonchev–Trinajstić information content (AvgIpc) is 2.96. The molecule has 5 heteroatoms. The van der Waals surface area contributed by atoms with Crippen molar-refractivity contribution in [1.82, 2.24) is 14.7 Å². The van der Waals surface area contributed by atoms with Crippen molar-refractivity contribution in [3.8, 4) is 5.75 Å². The smallest absolute Gasteiger partial charge is 0.246 e. The van der Waals surface area contributed by atoms with Crippen molar-refractivity contribution >= 4 is 12.0 Å². The first-order valence-electron chi connectivity index (χ1n) is 7.08. The highest BCUT2D eigenvalue weighted by molar-refractivity contribution is 5.91. The summed E-state index contributed by atoms with van der Waals surface area (Å²) in [6.45, 7) is 2.00. The molecule has 0 radical (unpaired) electrons. The van der Waals surface area contributed by atoms with E-state index in [9.17, 15) is 4.79 Å². The van der Waals surface area contributed by atoms with Gasteiger partial charge in [-0.3, -0.25) is 9.48 Å². The Balaban J connectivity index is 2.03. The van der Waals surface area contributed by atoms with E-state index in [1.54, 1.807) is 42.1 Å². The van der Waals surface area contributed by atoms with Crippen LogP contribution in [0.15, 0.2) is 42.7 Å². The summed E-state index contributed by atoms with van der Waals surface area (Å²) in [5.41, 5.74) is 1.97. The second kappa shape index (κ2) is 6.93. The van der Waals surface area contributed by atoms with Crippen LogP contribution in [-0.2, 0) is 11.8 Å². The summed E-state index contributed by atoms with van der Waals surface area (Å²) >= 11 is 0. The first kappa shape index (κ1) is 15.8. The number of aryl methyl sites for hydroxylation is 1. The van der Waals surface area contributed by atoms with Crippen LogP contribution in [0.25, 0.3) is 6.08 Å². The van der Waals surface area contributed by atoms with Crippen molar-refractivity contribution in [3.63, 3.8) is 0 Å². The second-order valence-electron chi connectivity index (χ2n) is 5.18. The van der Waals surface area contributed by atoms with Gasteiger partial charge in [-0.15, -0.1) is 0 Å². The highest BCUT2D eigenvalue weighted by Crippen LogP contribution is 2.21. The molecule has 0 fully saturated rings. The van der Waals surface area contributed by atoms with Crippen molar-refractivity contribution < 1.29 is 9.53 Å². The molecule has 0 saturated heterocycles. The molecular formula is C17H21N3O2. The third kappa shape index (κ3) is 3.75. The van der Waals surface area contributed by atoms with Crippen LogP contribution in [0.4, 0.5) is 0 Å². The second-order valence-corrected chi connectivity index (χ2v) is 5.18. The Morgan fingerprint density at radius 2 is 2.05 bits per heavy atom. The summed E-state index contributed by atoms with van der Waals surface area (Å²) in [5.74, 6) is 0.758. The van der Waals surface area contributed by atoms with Crippen LogP contribution in [-0.4, -0.2) is 34.7 Å². The number of carbonyl (C=O) groups is 1. The predicted octanol–water partition coefficient (Wildman–Crippen LogP) is 2.66. The molecule has 0 aliphatic rings. The van der Waals surface area contributed by atoms with E-state index in [0.29, 0.717) is 0 Å². The molecular weight excluding hydrogens is 278 g/mol. The number of rotatable bonds is 5. The number of benzene rings is 1. The van der Waals surface area contributed by atoms with Gasteiger partial charge in [-0.1, -0.05) is 12.1 Å². The molecule has 1 aromatic heterocycles. The van der Waals surface area contributed by atoms with Crippen LogP contribution in [0, 0.1) is 0 Å². The van der Waals surface area contributed by atoms with E-state index in [-0.39, 0.29) is 11.9 Å². The van der Waals surface area contributed by atoms with Gasteiger partial charge >= 0.3 is 0 Å². The molecule has 1 aromatic carbocycles. The minimum absolute atomic E-state index is 0.0167. The van der Waals surface area contributed by atoms with Gasteiger partial charge in [-0.25, -0.2) is 0 Å². The number of likely N-dealkylation sites (N-methyl/N-ethyl adjacent to an activating group) is 1. The molecule has 2 rings (SSSR count). The maximum Gasteiger partial charge on any atom is 0.246 e. The fourth-order valence-corrected chi connectivity index (χ4v) is 2.11. The van der Waals surface area contributed by atoms with Gasteiger partial charge in [0.25, 0.3) is 0 Å². The fraction of sp³-hybridized carbons (Fsp3) is 0.294. The normalized spacial score (nSPS) is 12.4. The third-order valence-electron chi connectivity index (χ3n) is 3.67. The van der Waals surface area contributed by atoms with Crippen LogP contribution in [0.3, 0.4) is 0 Å². The van der Waals surface area contributed by atoms with E-state index in [1.807, 2.05) is 44.4 Å². The van der Waals surface area contributed by atoms with E-state index in [1.165, 1.54) is 0 Å². The summed E-state index contributed by atoms with van der Waals surface area (Å²) in [6.07, 6.45) is 6.91. The zero-order chi connectivity index (χ0) is 16.1. The molecule has 2 aromatic rings. The van der Waals surface area contributed by atoms with Crippen LogP contribution >= 0.6 is 0 Å². The Kier molecular flexibility index (Phi) is 4.99. The number of carbonyl (C=O) groups excluding carboxylic acids is 1. The van der Waals surface area contributed by atoms with Crippen molar-refractivity contribution in [2.45, 2.75) is 13.0 Å². The molecule has 22 heavy (non-hydrogen) atoms. The first-order valence-corrected chi connectivity index (χ1v) is 7.08. The number of amides is 1. The molecule has 1 unspecified atom stereocenters. The number of methoxy groups -OCH3 is 1. The maximum atomic E-state index is 12.2. The molecule has 5 nitrogen and oxygen atoms in total. The van der Waals surface area contributed by atoms with E-state index >= 15 is 0 Å². The van der Waals surface area contributed by atoms with E-state index < -0.39 is 0 Å². The zero-order valence-corrected chi connectivity index (χ0v) is 13.4. The maximum absolute atomic E-state index is 12.2. The summed E-state index contributed by atoms with van der Waals surface area (Å²) in [5, 5.41) is 4.07. The number of nitrogens with zero attached hydrogens (tertiary/aromatic N) is 3. The zero-order valence-electron chi connectivity index (χ0n) is 13.4. The standard InChI is InChI=1S/C17H21N3O2/c1-13(15-6-8-16(22-4)9-7-15)20(3)17(21)10-5-14-11-18-19(2)12-14/h5-13H,1-4H3. The lowest BCUT2D eigenvalue weighted by Crippen LogP contribution is -2.27. The Labute approximate surface area is 130 Å². The highest BCUT2D eigenvalue weighted by atomic mass is 16.5. The average molecular weight is 299 g/mol. The summed E-state index contributed by atoms with van der Waals surface area (Å²) in [7, 11) is 5.28. The number of aromatic nitrogens is 2.